The maximum atomic E-state index is 13.7. The molecule has 0 aliphatic heterocycles. The van der Waals surface area contributed by atoms with Crippen molar-refractivity contribution < 1.29 is 22.0 Å². The summed E-state index contributed by atoms with van der Waals surface area (Å²) >= 11 is 0. The van der Waals surface area contributed by atoms with E-state index < -0.39 is 27.8 Å². The summed E-state index contributed by atoms with van der Waals surface area (Å²) in [7, 11) is -3.77. The van der Waals surface area contributed by atoms with E-state index in [9.17, 15) is 17.6 Å². The molecule has 1 aromatic heterocycles. The zero-order chi connectivity index (χ0) is 20.9. The summed E-state index contributed by atoms with van der Waals surface area (Å²) in [6.45, 7) is 1.61. The molecule has 1 atom stereocenters. The lowest BCUT2D eigenvalue weighted by atomic mass is 10.2. The molecule has 0 saturated carbocycles. The van der Waals surface area contributed by atoms with Gasteiger partial charge in [0.05, 0.1) is 23.4 Å². The Labute approximate surface area is 168 Å². The quantitative estimate of drug-likeness (QED) is 0.522. The van der Waals surface area contributed by atoms with Crippen molar-refractivity contribution in [2.75, 3.05) is 10.6 Å². The van der Waals surface area contributed by atoms with Crippen molar-refractivity contribution in [1.82, 2.24) is 4.72 Å². The number of hydrogen-bond donors (Lipinski definition) is 3. The lowest BCUT2D eigenvalue weighted by molar-refractivity contribution is -0.116. The summed E-state index contributed by atoms with van der Waals surface area (Å²) in [4.78, 5) is 12.3. The molecule has 0 aliphatic carbocycles. The number of rotatable bonds is 8. The van der Waals surface area contributed by atoms with E-state index in [1.807, 2.05) is 0 Å². The second kappa shape index (κ2) is 8.89. The van der Waals surface area contributed by atoms with Gasteiger partial charge in [-0.25, -0.2) is 17.5 Å². The molecule has 3 N–H and O–H groups in total. The molecule has 152 valence electrons. The number of hydrogen-bond acceptors (Lipinski definition) is 5. The van der Waals surface area contributed by atoms with Crippen LogP contribution in [0.5, 0.6) is 0 Å². The van der Waals surface area contributed by atoms with Gasteiger partial charge in [-0.2, -0.15) is 0 Å². The predicted octanol–water partition coefficient (Wildman–Crippen LogP) is 3.34. The molecule has 0 saturated heterocycles. The highest BCUT2D eigenvalue weighted by molar-refractivity contribution is 7.89. The van der Waals surface area contributed by atoms with Crippen LogP contribution in [0.25, 0.3) is 0 Å². The molecule has 2 aromatic carbocycles. The third-order valence-electron chi connectivity index (χ3n) is 4.07. The first-order valence-electron chi connectivity index (χ1n) is 8.79. The van der Waals surface area contributed by atoms with E-state index in [-0.39, 0.29) is 17.1 Å². The van der Waals surface area contributed by atoms with Crippen molar-refractivity contribution >= 4 is 27.3 Å². The maximum Gasteiger partial charge on any atom is 0.246 e. The van der Waals surface area contributed by atoms with Gasteiger partial charge in [0.25, 0.3) is 0 Å². The van der Waals surface area contributed by atoms with Crippen LogP contribution >= 0.6 is 0 Å². The van der Waals surface area contributed by atoms with Crippen LogP contribution in [0, 0.1) is 5.82 Å². The number of amides is 1. The average Bonchev–Trinajstić information content (AvgIpc) is 3.22. The van der Waals surface area contributed by atoms with Crippen LogP contribution in [0.1, 0.15) is 12.7 Å². The van der Waals surface area contributed by atoms with Crippen molar-refractivity contribution in [2.45, 2.75) is 24.4 Å². The molecule has 1 amide bonds. The van der Waals surface area contributed by atoms with Gasteiger partial charge in [-0.15, -0.1) is 0 Å². The summed E-state index contributed by atoms with van der Waals surface area (Å²) in [5, 5.41) is 5.41. The first-order valence-corrected chi connectivity index (χ1v) is 10.3. The van der Waals surface area contributed by atoms with Gasteiger partial charge in [-0.1, -0.05) is 18.2 Å². The first-order chi connectivity index (χ1) is 13.8. The van der Waals surface area contributed by atoms with E-state index in [1.54, 1.807) is 37.3 Å². The summed E-state index contributed by atoms with van der Waals surface area (Å²) in [6.07, 6.45) is 1.46. The SMILES string of the molecule is CC(Nc1cccc(S(=O)(=O)NCc2ccco2)c1)C(=O)Nc1ccccc1F. The van der Waals surface area contributed by atoms with E-state index in [1.165, 1.54) is 36.6 Å². The highest BCUT2D eigenvalue weighted by atomic mass is 32.2. The van der Waals surface area contributed by atoms with Gasteiger partial charge in [0.1, 0.15) is 17.6 Å². The molecule has 1 heterocycles. The Kier molecular flexibility index (Phi) is 6.30. The minimum Gasteiger partial charge on any atom is -0.468 e. The van der Waals surface area contributed by atoms with Gasteiger partial charge in [-0.3, -0.25) is 4.79 Å². The van der Waals surface area contributed by atoms with Gasteiger partial charge in [0.2, 0.25) is 15.9 Å². The van der Waals surface area contributed by atoms with Gasteiger partial charge >= 0.3 is 0 Å². The molecule has 1 unspecified atom stereocenters. The van der Waals surface area contributed by atoms with Gasteiger partial charge in [-0.05, 0) is 49.4 Å². The van der Waals surface area contributed by atoms with Crippen LogP contribution < -0.4 is 15.4 Å². The number of nitrogens with one attached hydrogen (secondary N) is 3. The molecule has 0 bridgehead atoms. The average molecular weight is 417 g/mol. The highest BCUT2D eigenvalue weighted by Gasteiger charge is 2.18. The molecule has 9 heteroatoms. The second-order valence-corrected chi connectivity index (χ2v) is 8.03. The summed E-state index contributed by atoms with van der Waals surface area (Å²) in [5.74, 6) is -0.510. The van der Waals surface area contributed by atoms with Crippen LogP contribution in [0.3, 0.4) is 0 Å². The fourth-order valence-electron chi connectivity index (χ4n) is 2.53. The molecule has 0 spiro atoms. The zero-order valence-corrected chi connectivity index (χ0v) is 16.4. The number of para-hydroxylation sites is 1. The Balaban J connectivity index is 1.65. The summed E-state index contributed by atoms with van der Waals surface area (Å²) in [6, 6.07) is 14.5. The van der Waals surface area contributed by atoms with Crippen molar-refractivity contribution in [3.05, 3.63) is 78.5 Å². The fourth-order valence-corrected chi connectivity index (χ4v) is 3.57. The zero-order valence-electron chi connectivity index (χ0n) is 15.6. The van der Waals surface area contributed by atoms with Crippen molar-refractivity contribution in [3.8, 4) is 0 Å². The molecule has 0 aliphatic rings. The van der Waals surface area contributed by atoms with E-state index >= 15 is 0 Å². The van der Waals surface area contributed by atoms with Gasteiger partial charge in [0, 0.05) is 5.69 Å². The normalized spacial score (nSPS) is 12.3. The minimum atomic E-state index is -3.77. The van der Waals surface area contributed by atoms with Crippen molar-refractivity contribution in [3.63, 3.8) is 0 Å². The standard InChI is InChI=1S/C20H20FN3O4S/c1-14(20(25)24-19-10-3-2-9-18(19)21)23-15-6-4-8-17(12-15)29(26,27)22-13-16-7-5-11-28-16/h2-12,14,22-23H,13H2,1H3,(H,24,25). The first kappa shape index (κ1) is 20.6. The molecule has 3 aromatic rings. The summed E-state index contributed by atoms with van der Waals surface area (Å²) < 4.78 is 46.2. The van der Waals surface area contributed by atoms with Crippen LogP contribution in [-0.4, -0.2) is 20.4 Å². The summed E-state index contributed by atoms with van der Waals surface area (Å²) in [5.41, 5.74) is 0.506. The van der Waals surface area contributed by atoms with Gasteiger partial charge in [0.15, 0.2) is 0 Å². The number of sulfonamides is 1. The molecule has 0 fully saturated rings. The number of carbonyl (C=O) groups is 1. The molecular formula is C20H20FN3O4S. The molecule has 29 heavy (non-hydrogen) atoms. The fraction of sp³-hybridized carbons (Fsp3) is 0.150. The predicted molar refractivity (Wildman–Crippen MR) is 107 cm³/mol. The smallest absolute Gasteiger partial charge is 0.246 e. The number of halogens is 1. The third-order valence-corrected chi connectivity index (χ3v) is 5.47. The topological polar surface area (TPSA) is 100 Å². The lowest BCUT2D eigenvalue weighted by Gasteiger charge is -2.16. The van der Waals surface area contributed by atoms with Crippen molar-refractivity contribution in [2.24, 2.45) is 0 Å². The monoisotopic (exact) mass is 417 g/mol. The van der Waals surface area contributed by atoms with Crippen LogP contribution in [0.15, 0.2) is 76.2 Å². The highest BCUT2D eigenvalue weighted by Crippen LogP contribution is 2.18. The largest absolute Gasteiger partial charge is 0.468 e. The van der Waals surface area contributed by atoms with Gasteiger partial charge < -0.3 is 15.1 Å². The second-order valence-electron chi connectivity index (χ2n) is 6.27. The van der Waals surface area contributed by atoms with Crippen LogP contribution in [0.2, 0.25) is 0 Å². The van der Waals surface area contributed by atoms with Crippen LogP contribution in [0.4, 0.5) is 15.8 Å². The van der Waals surface area contributed by atoms with E-state index in [4.69, 9.17) is 4.42 Å². The third kappa shape index (κ3) is 5.43. The molecule has 3 rings (SSSR count). The number of carbonyl (C=O) groups excluding carboxylic acids is 1. The van der Waals surface area contributed by atoms with Crippen LogP contribution in [-0.2, 0) is 21.4 Å². The van der Waals surface area contributed by atoms with E-state index in [0.29, 0.717) is 11.4 Å². The molecule has 7 nitrogen and oxygen atoms in total. The maximum absolute atomic E-state index is 13.7. The Morgan fingerprint density at radius 2 is 1.90 bits per heavy atom. The Morgan fingerprint density at radius 3 is 2.62 bits per heavy atom. The number of anilines is 2. The molecule has 0 radical (unpaired) electrons. The lowest BCUT2D eigenvalue weighted by Crippen LogP contribution is -2.32. The Hall–Kier alpha value is -3.17. The Bertz CT molecular complexity index is 1080. The minimum absolute atomic E-state index is 0.0223. The number of benzene rings is 2. The Morgan fingerprint density at radius 1 is 1.10 bits per heavy atom. The van der Waals surface area contributed by atoms with Crippen molar-refractivity contribution in [1.29, 1.82) is 0 Å². The van der Waals surface area contributed by atoms with E-state index in [2.05, 4.69) is 15.4 Å². The number of furan rings is 1. The molecular weight excluding hydrogens is 397 g/mol. The van der Waals surface area contributed by atoms with E-state index in [0.717, 1.165) is 0 Å².